The summed E-state index contributed by atoms with van der Waals surface area (Å²) in [7, 11) is 0. The molecule has 1 saturated heterocycles. The minimum atomic E-state index is -1.57. The predicted molar refractivity (Wildman–Crippen MR) is 181 cm³/mol. The SMILES string of the molecule is CC(C)(C)C(=O)O.Cc1nnn(CC2=C(C(=O)O)N3C(=O)[C@@H](NC(=O)C(=NOC(C)(C)C(=O)OC(C)(C)C)c4csc(N)n4)[C@H]3SC2)n1.Cl. The molecule has 2 aromatic heterocycles. The van der Waals surface area contributed by atoms with Gasteiger partial charge in [0, 0.05) is 11.1 Å². The monoisotopic (exact) mass is 745 g/mol. The Balaban J connectivity index is 0.000000940. The highest BCUT2D eigenvalue weighted by Gasteiger charge is 2.54. The average Bonchev–Trinajstić information content (AvgIpc) is 3.57. The summed E-state index contributed by atoms with van der Waals surface area (Å²) in [5.41, 5.74) is 2.77. The second-order valence-electron chi connectivity index (χ2n) is 13.2. The number of rotatable bonds is 9. The topological polar surface area (TPSA) is 254 Å². The molecule has 18 nitrogen and oxygen atoms in total. The molecule has 0 aromatic carbocycles. The first-order valence-corrected chi connectivity index (χ1v) is 16.3. The lowest BCUT2D eigenvalue weighted by molar-refractivity contribution is -0.179. The van der Waals surface area contributed by atoms with Crippen LogP contribution in [0.5, 0.6) is 0 Å². The number of carbonyl (C=O) groups excluding carboxylic acids is 3. The van der Waals surface area contributed by atoms with E-state index in [0.717, 1.165) is 16.2 Å². The van der Waals surface area contributed by atoms with Crippen LogP contribution in [0.3, 0.4) is 0 Å². The van der Waals surface area contributed by atoms with Crippen molar-refractivity contribution in [3.05, 3.63) is 28.2 Å². The van der Waals surface area contributed by atoms with Crippen molar-refractivity contribution in [2.75, 3.05) is 11.5 Å². The van der Waals surface area contributed by atoms with Crippen molar-refractivity contribution in [2.45, 2.75) is 91.5 Å². The first-order valence-electron chi connectivity index (χ1n) is 14.4. The van der Waals surface area contributed by atoms with Gasteiger partial charge in [-0.25, -0.2) is 14.6 Å². The Morgan fingerprint density at radius 3 is 2.20 bits per heavy atom. The number of aryl methyl sites for hydroxylation is 1. The van der Waals surface area contributed by atoms with Gasteiger partial charge in [-0.15, -0.1) is 45.7 Å². The van der Waals surface area contributed by atoms with Crippen molar-refractivity contribution in [3.8, 4) is 0 Å². The van der Waals surface area contributed by atoms with Gasteiger partial charge in [0.25, 0.3) is 11.8 Å². The number of tetrazole rings is 1. The number of β-lactam (4-membered cyclic amide) rings is 1. The molecular weight excluding hydrogens is 706 g/mol. The van der Waals surface area contributed by atoms with Crippen LogP contribution in [-0.4, -0.2) is 104 Å². The molecule has 21 heteroatoms. The number of nitrogens with zero attached hydrogens (tertiary/aromatic N) is 7. The van der Waals surface area contributed by atoms with Gasteiger partial charge in [0.15, 0.2) is 16.7 Å². The Labute approximate surface area is 296 Å². The number of hydrogen-bond donors (Lipinski definition) is 4. The molecular formula is C28H40ClN9O9S2. The number of nitrogen functional groups attached to an aromatic ring is 1. The lowest BCUT2D eigenvalue weighted by Crippen LogP contribution is -2.71. The number of carboxylic acid groups (broad SMARTS) is 2. The zero-order valence-corrected chi connectivity index (χ0v) is 30.8. The van der Waals surface area contributed by atoms with Gasteiger partial charge in [-0.3, -0.25) is 19.3 Å². The van der Waals surface area contributed by atoms with Crippen LogP contribution >= 0.6 is 35.5 Å². The van der Waals surface area contributed by atoms with E-state index in [1.54, 1.807) is 48.5 Å². The summed E-state index contributed by atoms with van der Waals surface area (Å²) in [6.07, 6.45) is 0. The van der Waals surface area contributed by atoms with E-state index in [0.29, 0.717) is 11.4 Å². The number of aromatic nitrogens is 5. The molecule has 49 heavy (non-hydrogen) atoms. The highest BCUT2D eigenvalue weighted by atomic mass is 35.5. The Kier molecular flexibility index (Phi) is 12.9. The Morgan fingerprint density at radius 2 is 1.73 bits per heavy atom. The third-order valence-corrected chi connectivity index (χ3v) is 8.31. The normalized spacial score (nSPS) is 17.9. The van der Waals surface area contributed by atoms with Crippen LogP contribution in [0.2, 0.25) is 0 Å². The first-order chi connectivity index (χ1) is 22.0. The number of fused-ring (bicyclic) bond motifs is 1. The molecule has 2 atom stereocenters. The number of amides is 2. The van der Waals surface area contributed by atoms with Crippen molar-refractivity contribution >= 4 is 76.1 Å². The Bertz CT molecular complexity index is 1660. The van der Waals surface area contributed by atoms with E-state index in [2.05, 4.69) is 30.9 Å². The summed E-state index contributed by atoms with van der Waals surface area (Å²) >= 11 is 2.33. The number of esters is 1. The third-order valence-electron chi connectivity index (χ3n) is 6.30. The number of aliphatic carboxylic acids is 2. The largest absolute Gasteiger partial charge is 0.481 e. The first kappa shape index (κ1) is 40.9. The van der Waals surface area contributed by atoms with Gasteiger partial charge in [0.2, 0.25) is 5.60 Å². The van der Waals surface area contributed by atoms with Gasteiger partial charge in [-0.05, 0) is 73.1 Å². The highest BCUT2D eigenvalue weighted by molar-refractivity contribution is 8.00. The summed E-state index contributed by atoms with van der Waals surface area (Å²) in [4.78, 5) is 73.1. The molecule has 270 valence electrons. The molecule has 4 rings (SSSR count). The summed E-state index contributed by atoms with van der Waals surface area (Å²) in [5.74, 6) is -3.55. The van der Waals surface area contributed by atoms with Crippen molar-refractivity contribution in [2.24, 2.45) is 10.6 Å². The van der Waals surface area contributed by atoms with Gasteiger partial charge in [0.1, 0.15) is 28.4 Å². The number of nitrogens with one attached hydrogen (secondary N) is 1. The van der Waals surface area contributed by atoms with Crippen LogP contribution in [0.1, 0.15) is 66.9 Å². The second-order valence-corrected chi connectivity index (χ2v) is 15.1. The fourth-order valence-electron chi connectivity index (χ4n) is 3.77. The number of thioether (sulfide) groups is 1. The second kappa shape index (κ2) is 15.5. The van der Waals surface area contributed by atoms with Crippen LogP contribution in [-0.2, 0) is 40.1 Å². The van der Waals surface area contributed by atoms with Crippen molar-refractivity contribution < 1.29 is 43.8 Å². The molecule has 2 amide bonds. The van der Waals surface area contributed by atoms with E-state index >= 15 is 0 Å². The average molecular weight is 746 g/mol. The van der Waals surface area contributed by atoms with E-state index in [4.69, 9.17) is 20.4 Å². The number of ether oxygens (including phenoxy) is 1. The lowest BCUT2D eigenvalue weighted by atomic mass is 9.98. The molecule has 0 spiro atoms. The molecule has 0 saturated carbocycles. The fraction of sp³-hybridized carbons (Fsp3) is 0.571. The molecule has 0 bridgehead atoms. The minimum absolute atomic E-state index is 0. The zero-order chi connectivity index (χ0) is 36.4. The molecule has 4 heterocycles. The van der Waals surface area contributed by atoms with Gasteiger partial charge < -0.3 is 30.8 Å². The van der Waals surface area contributed by atoms with Crippen LogP contribution in [0.15, 0.2) is 21.8 Å². The standard InChI is InChI=1S/C23H29N9O7S2.C5H10O2.ClH/c1-10-27-30-31(28-10)7-11-8-40-18-14(17(34)32(18)15(11)19(35)36)26-16(33)13(12-9-41-21(24)25-12)29-39-23(5,6)20(37)38-22(2,3)4;1-5(2,3)4(6)7;/h9,14,18H,7-8H2,1-6H3,(H2,24,25)(H,26,33)(H,35,36);1-3H3,(H,6,7);1H/t14-,18-;;/m1../s1. The number of thiazole rings is 1. The zero-order valence-electron chi connectivity index (χ0n) is 28.3. The Morgan fingerprint density at radius 1 is 1.12 bits per heavy atom. The third kappa shape index (κ3) is 10.3. The number of hydrogen-bond acceptors (Lipinski definition) is 15. The molecule has 0 unspecified atom stereocenters. The summed E-state index contributed by atoms with van der Waals surface area (Å²) in [5, 5.41) is 37.3. The smallest absolute Gasteiger partial charge is 0.353 e. The van der Waals surface area contributed by atoms with Crippen molar-refractivity contribution in [3.63, 3.8) is 0 Å². The van der Waals surface area contributed by atoms with Gasteiger partial charge >= 0.3 is 17.9 Å². The van der Waals surface area contributed by atoms with E-state index in [1.165, 1.54) is 35.8 Å². The van der Waals surface area contributed by atoms with Crippen LogP contribution < -0.4 is 11.1 Å². The van der Waals surface area contributed by atoms with Gasteiger partial charge in [0.05, 0.1) is 12.0 Å². The van der Waals surface area contributed by atoms with E-state index in [1.807, 2.05) is 0 Å². The molecule has 2 aromatic rings. The number of anilines is 1. The maximum Gasteiger partial charge on any atom is 0.353 e. The molecule has 2 aliphatic heterocycles. The molecule has 1 fully saturated rings. The highest BCUT2D eigenvalue weighted by Crippen LogP contribution is 2.40. The number of nitrogens with two attached hydrogens (primary N) is 1. The Hall–Kier alpha value is -4.30. The number of carbonyl (C=O) groups is 5. The number of oxime groups is 1. The summed E-state index contributed by atoms with van der Waals surface area (Å²) in [6, 6.07) is -1.06. The molecule has 0 aliphatic carbocycles. The van der Waals surface area contributed by atoms with Crippen LogP contribution in [0.25, 0.3) is 0 Å². The van der Waals surface area contributed by atoms with E-state index in [-0.39, 0.29) is 46.9 Å². The van der Waals surface area contributed by atoms with Crippen molar-refractivity contribution in [1.29, 1.82) is 0 Å². The fourth-order valence-corrected chi connectivity index (χ4v) is 5.66. The maximum absolute atomic E-state index is 13.4. The maximum atomic E-state index is 13.4. The summed E-state index contributed by atoms with van der Waals surface area (Å²) < 4.78 is 5.36. The lowest BCUT2D eigenvalue weighted by Gasteiger charge is -2.49. The van der Waals surface area contributed by atoms with Crippen LogP contribution in [0, 0.1) is 12.3 Å². The summed E-state index contributed by atoms with van der Waals surface area (Å²) in [6.45, 7) is 14.6. The van der Waals surface area contributed by atoms with Gasteiger partial charge in [-0.2, -0.15) is 4.80 Å². The molecule has 0 radical (unpaired) electrons. The van der Waals surface area contributed by atoms with Crippen molar-refractivity contribution in [1.82, 2.24) is 35.4 Å². The van der Waals surface area contributed by atoms with Gasteiger partial charge in [-0.1, -0.05) is 5.16 Å². The van der Waals surface area contributed by atoms with E-state index in [9.17, 15) is 29.1 Å². The quantitative estimate of drug-likeness (QED) is 0.124. The molecule has 5 N–H and O–H groups in total. The minimum Gasteiger partial charge on any atom is -0.481 e. The predicted octanol–water partition coefficient (Wildman–Crippen LogP) is 1.84. The van der Waals surface area contributed by atoms with Crippen LogP contribution in [0.4, 0.5) is 5.13 Å². The number of carboxylic acids is 2. The number of halogens is 1. The van der Waals surface area contributed by atoms with E-state index < -0.39 is 57.8 Å². The molecule has 2 aliphatic rings.